The molecular formula is C29H35NO6. The van der Waals surface area contributed by atoms with Crippen LogP contribution in [-0.4, -0.2) is 28.6 Å². The number of hydrogen-bond acceptors (Lipinski definition) is 6. The van der Waals surface area contributed by atoms with Crippen molar-refractivity contribution in [1.29, 1.82) is 0 Å². The first-order chi connectivity index (χ1) is 17.0. The minimum atomic E-state index is -1.22. The number of rotatable bonds is 6. The Bertz CT molecular complexity index is 1140. The summed E-state index contributed by atoms with van der Waals surface area (Å²) in [6.45, 7) is 7.85. The van der Waals surface area contributed by atoms with Gasteiger partial charge in [0, 0.05) is 23.0 Å². The van der Waals surface area contributed by atoms with Crippen LogP contribution in [0.5, 0.6) is 0 Å². The largest absolute Gasteiger partial charge is 0.447 e. The first-order valence-electron chi connectivity index (χ1n) is 12.8. The van der Waals surface area contributed by atoms with Crippen LogP contribution < -0.4 is 0 Å². The smallest absolute Gasteiger partial charge is 0.339 e. The van der Waals surface area contributed by atoms with Gasteiger partial charge in [0.05, 0.1) is 10.5 Å². The van der Waals surface area contributed by atoms with Gasteiger partial charge in [-0.1, -0.05) is 31.6 Å². The third kappa shape index (κ3) is 3.84. The van der Waals surface area contributed by atoms with E-state index in [0.29, 0.717) is 18.3 Å². The minimum absolute atomic E-state index is 0.108. The number of nitro benzene ring substituents is 1. The van der Waals surface area contributed by atoms with Gasteiger partial charge in [-0.25, -0.2) is 4.79 Å². The van der Waals surface area contributed by atoms with Crippen molar-refractivity contribution < 1.29 is 24.0 Å². The number of ketones is 1. The molecule has 7 heteroatoms. The summed E-state index contributed by atoms with van der Waals surface area (Å²) in [7, 11) is 0. The van der Waals surface area contributed by atoms with Gasteiger partial charge >= 0.3 is 5.97 Å². The molecule has 6 atom stereocenters. The summed E-state index contributed by atoms with van der Waals surface area (Å²) >= 11 is 0. The summed E-state index contributed by atoms with van der Waals surface area (Å²) in [5, 5.41) is 11.0. The number of Topliss-reactive ketones (excluding diaryl/α,β-unsaturated/α-hetero) is 1. The molecule has 0 aromatic heterocycles. The van der Waals surface area contributed by atoms with Gasteiger partial charge in [0.2, 0.25) is 0 Å². The van der Waals surface area contributed by atoms with Gasteiger partial charge in [0.25, 0.3) is 5.69 Å². The second-order valence-electron chi connectivity index (χ2n) is 11.1. The monoisotopic (exact) mass is 493 g/mol. The molecule has 0 spiro atoms. The van der Waals surface area contributed by atoms with E-state index in [1.807, 2.05) is 6.92 Å². The standard InChI is InChI=1S/C29H35NO6/c1-5-15-27(3)21(14-18-31)8-11-23-24(27)12-16-28(4)25(23)13-17-29(28,19(2)32)36-26(33)20-6-9-22(10-7-20)30(34)35/h5-7,9-10,14-15,18,23-25H,8,11-13,16-17H2,1-4H3/b15-5-,21-14-/t23?,24?,25?,27?,28?,29-/m0/s1. The maximum absolute atomic E-state index is 13.2. The molecule has 0 bridgehead atoms. The summed E-state index contributed by atoms with van der Waals surface area (Å²) in [6, 6.07) is 5.31. The van der Waals surface area contributed by atoms with Crippen LogP contribution in [0, 0.1) is 38.7 Å². The summed E-state index contributed by atoms with van der Waals surface area (Å²) in [5.74, 6) is 0.151. The van der Waals surface area contributed by atoms with E-state index in [2.05, 4.69) is 26.0 Å². The molecule has 1 aromatic carbocycles. The Morgan fingerprint density at radius 3 is 2.33 bits per heavy atom. The number of carbonyl (C=O) groups is 3. The molecule has 0 aliphatic heterocycles. The molecule has 3 aliphatic carbocycles. The van der Waals surface area contributed by atoms with Crippen LogP contribution in [0.25, 0.3) is 0 Å². The van der Waals surface area contributed by atoms with Crippen LogP contribution in [-0.2, 0) is 14.3 Å². The van der Waals surface area contributed by atoms with Crippen molar-refractivity contribution in [2.24, 2.45) is 28.6 Å². The number of nitro groups is 1. The van der Waals surface area contributed by atoms with Crippen LogP contribution in [0.2, 0.25) is 0 Å². The normalized spacial score (nSPS) is 36.8. The van der Waals surface area contributed by atoms with Crippen LogP contribution in [0.3, 0.4) is 0 Å². The number of fused-ring (bicyclic) bond motifs is 3. The lowest BCUT2D eigenvalue weighted by Crippen LogP contribution is -2.58. The molecule has 3 aliphatic rings. The molecule has 0 saturated heterocycles. The van der Waals surface area contributed by atoms with E-state index in [-0.39, 0.29) is 28.4 Å². The molecule has 1 aromatic rings. The summed E-state index contributed by atoms with van der Waals surface area (Å²) in [6.07, 6.45) is 11.6. The van der Waals surface area contributed by atoms with Gasteiger partial charge in [0.1, 0.15) is 6.29 Å². The number of hydrogen-bond donors (Lipinski definition) is 0. The average molecular weight is 494 g/mol. The maximum atomic E-state index is 13.2. The molecule has 5 unspecified atom stereocenters. The SMILES string of the molecule is C/C=C\C1(C)/C(=C\C=O)CCC2C1CCC1(C)C2CC[C@]1(OC(=O)c1ccc([N+](=O)[O-])cc1)C(C)=O. The first kappa shape index (κ1) is 26.0. The van der Waals surface area contributed by atoms with E-state index in [1.165, 1.54) is 36.8 Å². The first-order valence-corrected chi connectivity index (χ1v) is 12.8. The third-order valence-electron chi connectivity index (χ3n) is 9.70. The van der Waals surface area contributed by atoms with Crippen LogP contribution in [0.15, 0.2) is 48.1 Å². The van der Waals surface area contributed by atoms with Crippen molar-refractivity contribution in [3.63, 3.8) is 0 Å². The Balaban J connectivity index is 1.66. The number of esters is 1. The lowest BCUT2D eigenvalue weighted by atomic mass is 9.47. The van der Waals surface area contributed by atoms with E-state index >= 15 is 0 Å². The summed E-state index contributed by atoms with van der Waals surface area (Å²) < 4.78 is 6.13. The van der Waals surface area contributed by atoms with E-state index in [9.17, 15) is 24.5 Å². The number of ether oxygens (including phenoxy) is 1. The highest BCUT2D eigenvalue weighted by atomic mass is 16.6. The van der Waals surface area contributed by atoms with Crippen molar-refractivity contribution in [3.8, 4) is 0 Å². The van der Waals surface area contributed by atoms with Crippen molar-refractivity contribution in [2.45, 2.75) is 71.8 Å². The van der Waals surface area contributed by atoms with E-state index < -0.39 is 21.9 Å². The molecule has 7 nitrogen and oxygen atoms in total. The van der Waals surface area contributed by atoms with E-state index in [4.69, 9.17) is 4.74 Å². The number of allylic oxidation sites excluding steroid dienone is 4. The predicted molar refractivity (Wildman–Crippen MR) is 135 cm³/mol. The van der Waals surface area contributed by atoms with Gasteiger partial charge in [-0.2, -0.15) is 0 Å². The summed E-state index contributed by atoms with van der Waals surface area (Å²) in [4.78, 5) is 48.3. The predicted octanol–water partition coefficient (Wildman–Crippen LogP) is 6.02. The van der Waals surface area contributed by atoms with Crippen molar-refractivity contribution in [1.82, 2.24) is 0 Å². The maximum Gasteiger partial charge on any atom is 0.339 e. The van der Waals surface area contributed by atoms with Crippen LogP contribution >= 0.6 is 0 Å². The van der Waals surface area contributed by atoms with Gasteiger partial charge in [-0.3, -0.25) is 19.7 Å². The fourth-order valence-corrected chi connectivity index (χ4v) is 7.94. The molecule has 0 N–H and O–H groups in total. The lowest BCUT2D eigenvalue weighted by Gasteiger charge is -2.57. The molecule has 3 fully saturated rings. The fourth-order valence-electron chi connectivity index (χ4n) is 7.94. The number of non-ortho nitro benzene ring substituents is 1. The Morgan fingerprint density at radius 2 is 1.75 bits per heavy atom. The highest BCUT2D eigenvalue weighted by molar-refractivity contribution is 5.95. The molecule has 3 saturated carbocycles. The molecule has 36 heavy (non-hydrogen) atoms. The zero-order valence-corrected chi connectivity index (χ0v) is 21.5. The second-order valence-corrected chi connectivity index (χ2v) is 11.1. The Hall–Kier alpha value is -3.09. The molecule has 4 rings (SSSR count). The number of nitrogens with zero attached hydrogens (tertiary/aromatic N) is 1. The summed E-state index contributed by atoms with van der Waals surface area (Å²) in [5.41, 5.74) is -0.679. The quantitative estimate of drug-likeness (QED) is 0.120. The lowest BCUT2D eigenvalue weighted by molar-refractivity contribution is -0.384. The molecule has 0 radical (unpaired) electrons. The van der Waals surface area contributed by atoms with Gasteiger partial charge < -0.3 is 4.74 Å². The fraction of sp³-hybridized carbons (Fsp3) is 0.552. The third-order valence-corrected chi connectivity index (χ3v) is 9.70. The van der Waals surface area contributed by atoms with Crippen molar-refractivity contribution in [3.05, 3.63) is 63.7 Å². The number of benzene rings is 1. The number of carbonyl (C=O) groups excluding carboxylic acids is 3. The number of aldehydes is 1. The highest BCUT2D eigenvalue weighted by Crippen LogP contribution is 2.67. The Labute approximate surface area is 212 Å². The Morgan fingerprint density at radius 1 is 1.08 bits per heavy atom. The van der Waals surface area contributed by atoms with Crippen LogP contribution in [0.4, 0.5) is 5.69 Å². The highest BCUT2D eigenvalue weighted by Gasteiger charge is 2.67. The molecule has 0 amide bonds. The average Bonchev–Trinajstić information content (AvgIpc) is 3.14. The van der Waals surface area contributed by atoms with E-state index in [1.54, 1.807) is 6.08 Å². The zero-order valence-electron chi connectivity index (χ0n) is 21.5. The zero-order chi connectivity index (χ0) is 26.3. The van der Waals surface area contributed by atoms with E-state index in [0.717, 1.165) is 38.4 Å². The van der Waals surface area contributed by atoms with Gasteiger partial charge in [-0.05, 0) is 88.3 Å². The molecule has 0 heterocycles. The van der Waals surface area contributed by atoms with Gasteiger partial charge in [0.15, 0.2) is 11.4 Å². The second kappa shape index (κ2) is 9.41. The minimum Gasteiger partial charge on any atom is -0.447 e. The Kier molecular flexibility index (Phi) is 6.80. The topological polar surface area (TPSA) is 104 Å². The van der Waals surface area contributed by atoms with Crippen molar-refractivity contribution in [2.75, 3.05) is 0 Å². The van der Waals surface area contributed by atoms with Crippen molar-refractivity contribution >= 4 is 23.7 Å². The van der Waals surface area contributed by atoms with Gasteiger partial charge in [-0.15, -0.1) is 0 Å². The van der Waals surface area contributed by atoms with Crippen LogP contribution in [0.1, 0.15) is 76.6 Å². The molecular weight excluding hydrogens is 458 g/mol. The molecule has 192 valence electrons.